The first-order valence-electron chi connectivity index (χ1n) is 5.13. The van der Waals surface area contributed by atoms with Crippen molar-refractivity contribution in [2.45, 2.75) is 12.5 Å². The molecule has 104 valence electrons. The number of halogens is 2. The number of phenols is 1. The molecule has 0 saturated carbocycles. The molecule has 0 amide bonds. The number of pyridine rings is 1. The van der Waals surface area contributed by atoms with Gasteiger partial charge in [0.05, 0.1) is 0 Å². The number of fused-ring (bicyclic) bond motifs is 1. The molecule has 1 aromatic heterocycles. The number of aliphatic carboxylic acids is 1. The molecule has 1 heterocycles. The van der Waals surface area contributed by atoms with Gasteiger partial charge in [-0.15, -0.1) is 24.8 Å². The minimum atomic E-state index is -1.05. The van der Waals surface area contributed by atoms with Crippen LogP contribution in [0.15, 0.2) is 30.5 Å². The molecular formula is C12H14Cl2N2O3. The molecule has 0 aliphatic carbocycles. The summed E-state index contributed by atoms with van der Waals surface area (Å²) in [5.41, 5.74) is 6.72. The summed E-state index contributed by atoms with van der Waals surface area (Å²) in [7, 11) is 0. The SMILES string of the molecule is Cl.Cl.NC(Cc1ccc(O)c2ncccc12)C(=O)O. The lowest BCUT2D eigenvalue weighted by Gasteiger charge is -2.10. The van der Waals surface area contributed by atoms with E-state index in [1.54, 1.807) is 24.4 Å². The highest BCUT2D eigenvalue weighted by molar-refractivity contribution is 5.88. The van der Waals surface area contributed by atoms with E-state index in [1.165, 1.54) is 6.07 Å². The van der Waals surface area contributed by atoms with Crippen LogP contribution in [0.5, 0.6) is 5.75 Å². The Bertz CT molecular complexity index is 578. The van der Waals surface area contributed by atoms with Crippen LogP contribution in [0.2, 0.25) is 0 Å². The van der Waals surface area contributed by atoms with E-state index in [4.69, 9.17) is 10.8 Å². The lowest BCUT2D eigenvalue weighted by molar-refractivity contribution is -0.138. The Hall–Kier alpha value is -1.56. The molecule has 4 N–H and O–H groups in total. The number of hydrogen-bond donors (Lipinski definition) is 3. The van der Waals surface area contributed by atoms with Crippen molar-refractivity contribution < 1.29 is 15.0 Å². The van der Waals surface area contributed by atoms with Crippen LogP contribution < -0.4 is 5.73 Å². The molecule has 7 heteroatoms. The molecule has 0 spiro atoms. The lowest BCUT2D eigenvalue weighted by Crippen LogP contribution is -2.32. The van der Waals surface area contributed by atoms with Crippen molar-refractivity contribution in [3.63, 3.8) is 0 Å². The number of rotatable bonds is 3. The Labute approximate surface area is 122 Å². The molecule has 2 rings (SSSR count). The lowest BCUT2D eigenvalue weighted by atomic mass is 10.0. The standard InChI is InChI=1S/C12H12N2O3.2ClH/c13-9(12(16)17)6-7-3-4-10(15)11-8(7)2-1-5-14-11;;/h1-5,9,15H,6,13H2,(H,16,17);2*1H. The second-order valence-corrected chi connectivity index (χ2v) is 3.79. The van der Waals surface area contributed by atoms with Crippen molar-refractivity contribution in [3.05, 3.63) is 36.0 Å². The van der Waals surface area contributed by atoms with Crippen molar-refractivity contribution in [1.82, 2.24) is 4.98 Å². The maximum absolute atomic E-state index is 10.7. The van der Waals surface area contributed by atoms with E-state index in [2.05, 4.69) is 4.98 Å². The molecule has 0 bridgehead atoms. The molecule has 0 aliphatic heterocycles. The topological polar surface area (TPSA) is 96.4 Å². The Morgan fingerprint density at radius 3 is 2.63 bits per heavy atom. The van der Waals surface area contributed by atoms with Crippen molar-refractivity contribution in [2.75, 3.05) is 0 Å². The molecule has 1 atom stereocenters. The Morgan fingerprint density at radius 2 is 2.00 bits per heavy atom. The fourth-order valence-electron chi connectivity index (χ4n) is 1.72. The van der Waals surface area contributed by atoms with Crippen LogP contribution in [0.25, 0.3) is 10.9 Å². The highest BCUT2D eigenvalue weighted by atomic mass is 35.5. The third-order valence-corrected chi connectivity index (χ3v) is 2.60. The fourth-order valence-corrected chi connectivity index (χ4v) is 1.72. The van der Waals surface area contributed by atoms with Gasteiger partial charge in [0.25, 0.3) is 0 Å². The molecule has 5 nitrogen and oxygen atoms in total. The number of aromatic nitrogens is 1. The van der Waals surface area contributed by atoms with Gasteiger partial charge in [0.15, 0.2) is 0 Å². The Balaban J connectivity index is 0.00000162. The largest absolute Gasteiger partial charge is 0.506 e. The first-order chi connectivity index (χ1) is 8.09. The van der Waals surface area contributed by atoms with Gasteiger partial charge in [-0.1, -0.05) is 12.1 Å². The highest BCUT2D eigenvalue weighted by Crippen LogP contribution is 2.25. The number of carboxylic acids is 1. The summed E-state index contributed by atoms with van der Waals surface area (Å²) < 4.78 is 0. The number of phenolic OH excluding ortho intramolecular Hbond substituents is 1. The van der Waals surface area contributed by atoms with Gasteiger partial charge in [-0.3, -0.25) is 9.78 Å². The van der Waals surface area contributed by atoms with Gasteiger partial charge in [-0.05, 0) is 24.1 Å². The van der Waals surface area contributed by atoms with Gasteiger partial charge < -0.3 is 15.9 Å². The minimum Gasteiger partial charge on any atom is -0.506 e. The van der Waals surface area contributed by atoms with Crippen LogP contribution in [0, 0.1) is 0 Å². The summed E-state index contributed by atoms with van der Waals surface area (Å²) in [6, 6.07) is 5.73. The zero-order chi connectivity index (χ0) is 12.4. The molecule has 2 aromatic rings. The van der Waals surface area contributed by atoms with Gasteiger partial charge in [0, 0.05) is 11.6 Å². The average Bonchev–Trinajstić information content (AvgIpc) is 2.33. The zero-order valence-electron chi connectivity index (χ0n) is 9.81. The van der Waals surface area contributed by atoms with Gasteiger partial charge in [-0.2, -0.15) is 0 Å². The zero-order valence-corrected chi connectivity index (χ0v) is 11.4. The van der Waals surface area contributed by atoms with Crippen molar-refractivity contribution in [1.29, 1.82) is 0 Å². The molecule has 19 heavy (non-hydrogen) atoms. The highest BCUT2D eigenvalue weighted by Gasteiger charge is 2.14. The third-order valence-electron chi connectivity index (χ3n) is 2.60. The molecule has 0 aliphatic rings. The van der Waals surface area contributed by atoms with Crippen LogP contribution in [-0.4, -0.2) is 27.2 Å². The predicted octanol–water partition coefficient (Wildman–Crippen LogP) is 1.74. The van der Waals surface area contributed by atoms with Crippen molar-refractivity contribution in [3.8, 4) is 5.75 Å². The van der Waals surface area contributed by atoms with Crippen LogP contribution in [0.1, 0.15) is 5.56 Å². The van der Waals surface area contributed by atoms with E-state index in [0.717, 1.165) is 10.9 Å². The van der Waals surface area contributed by atoms with Gasteiger partial charge in [0.1, 0.15) is 17.3 Å². The average molecular weight is 305 g/mol. The first kappa shape index (κ1) is 17.4. The third kappa shape index (κ3) is 3.70. The van der Waals surface area contributed by atoms with Crippen molar-refractivity contribution in [2.24, 2.45) is 5.73 Å². The van der Waals surface area contributed by atoms with Crippen LogP contribution in [-0.2, 0) is 11.2 Å². The molecule has 0 saturated heterocycles. The number of nitrogens with two attached hydrogens (primary N) is 1. The van der Waals surface area contributed by atoms with Crippen LogP contribution >= 0.6 is 24.8 Å². The van der Waals surface area contributed by atoms with E-state index in [0.29, 0.717) is 5.52 Å². The fraction of sp³-hybridized carbons (Fsp3) is 0.167. The van der Waals surface area contributed by atoms with Crippen LogP contribution in [0.3, 0.4) is 0 Å². The van der Waals surface area contributed by atoms with E-state index < -0.39 is 12.0 Å². The van der Waals surface area contributed by atoms with Gasteiger partial charge >= 0.3 is 5.97 Å². The second kappa shape index (κ2) is 7.13. The first-order valence-corrected chi connectivity index (χ1v) is 5.13. The number of carbonyl (C=O) groups is 1. The summed E-state index contributed by atoms with van der Waals surface area (Å²) in [5, 5.41) is 19.1. The monoisotopic (exact) mass is 304 g/mol. The summed E-state index contributed by atoms with van der Waals surface area (Å²) in [6.07, 6.45) is 1.78. The Morgan fingerprint density at radius 1 is 1.32 bits per heavy atom. The molecule has 0 radical (unpaired) electrons. The summed E-state index contributed by atoms with van der Waals surface area (Å²) in [6.45, 7) is 0. The second-order valence-electron chi connectivity index (χ2n) is 3.79. The number of hydrogen-bond acceptors (Lipinski definition) is 4. The van der Waals surface area contributed by atoms with E-state index in [-0.39, 0.29) is 37.0 Å². The number of nitrogens with zero attached hydrogens (tertiary/aromatic N) is 1. The van der Waals surface area contributed by atoms with Crippen LogP contribution in [0.4, 0.5) is 0 Å². The van der Waals surface area contributed by atoms with Crippen molar-refractivity contribution >= 4 is 41.7 Å². The number of aromatic hydroxyl groups is 1. The Kier molecular flexibility index (Phi) is 6.55. The smallest absolute Gasteiger partial charge is 0.320 e. The minimum absolute atomic E-state index is 0. The van der Waals surface area contributed by atoms with Gasteiger partial charge in [-0.25, -0.2) is 0 Å². The van der Waals surface area contributed by atoms with E-state index in [9.17, 15) is 9.90 Å². The maximum Gasteiger partial charge on any atom is 0.320 e. The van der Waals surface area contributed by atoms with Gasteiger partial charge in [0.2, 0.25) is 0 Å². The number of carboxylic acid groups (broad SMARTS) is 1. The molecule has 1 unspecified atom stereocenters. The maximum atomic E-state index is 10.7. The summed E-state index contributed by atoms with van der Waals surface area (Å²) >= 11 is 0. The summed E-state index contributed by atoms with van der Waals surface area (Å²) in [5.74, 6) is -0.969. The molecule has 0 fully saturated rings. The normalized spacial score (nSPS) is 11.2. The molecule has 1 aromatic carbocycles. The molecular weight excluding hydrogens is 291 g/mol. The van der Waals surface area contributed by atoms with E-state index in [1.807, 2.05) is 0 Å². The van der Waals surface area contributed by atoms with E-state index >= 15 is 0 Å². The number of benzene rings is 1. The predicted molar refractivity (Wildman–Crippen MR) is 77.2 cm³/mol. The quantitative estimate of drug-likeness (QED) is 0.802. The summed E-state index contributed by atoms with van der Waals surface area (Å²) in [4.78, 5) is 14.8.